The van der Waals surface area contributed by atoms with Crippen molar-refractivity contribution in [2.45, 2.75) is 37.8 Å². The van der Waals surface area contributed by atoms with Crippen molar-refractivity contribution < 1.29 is 42.2 Å². The lowest BCUT2D eigenvalue weighted by molar-refractivity contribution is -0.139. The van der Waals surface area contributed by atoms with Gasteiger partial charge in [0.05, 0.1) is 45.7 Å². The Morgan fingerprint density at radius 1 is 0.914 bits per heavy atom. The fourth-order valence-corrected chi connectivity index (χ4v) is 10.1. The SMILES string of the molecule is Cc1ccc(N2C(=O)C3CC=C4C(CC5C(=O)N(Nc6ncc(C(F)(F)F)cc6Cl)C(=O)C5(c5ccc(Cl)cc5)C4C4=COc5ccc(O)cc5C4)C3C2=O)cc1Cl. The van der Waals surface area contributed by atoms with Crippen LogP contribution in [0.5, 0.6) is 11.5 Å². The second kappa shape index (κ2) is 13.6. The van der Waals surface area contributed by atoms with Crippen molar-refractivity contribution in [3.63, 3.8) is 0 Å². The van der Waals surface area contributed by atoms with Gasteiger partial charge in [-0.2, -0.15) is 18.2 Å². The number of rotatable bonds is 5. The first-order chi connectivity index (χ1) is 27.6. The highest BCUT2D eigenvalue weighted by molar-refractivity contribution is 6.33. The molecule has 2 N–H and O–H groups in total. The van der Waals surface area contributed by atoms with Crippen molar-refractivity contribution in [1.82, 2.24) is 9.99 Å². The van der Waals surface area contributed by atoms with E-state index in [-0.39, 0.29) is 30.8 Å². The molecule has 4 amide bonds. The number of benzene rings is 3. The maximum atomic E-state index is 15.4. The number of carbonyl (C=O) groups excluding carboxylic acids is 4. The van der Waals surface area contributed by atoms with Gasteiger partial charge in [-0.25, -0.2) is 9.88 Å². The molecule has 6 unspecified atom stereocenters. The van der Waals surface area contributed by atoms with Crippen LogP contribution in [-0.2, 0) is 37.2 Å². The van der Waals surface area contributed by atoms with Crippen molar-refractivity contribution >= 4 is 69.9 Å². The molecule has 16 heteroatoms. The Morgan fingerprint density at radius 2 is 1.67 bits per heavy atom. The fourth-order valence-electron chi connectivity index (χ4n) is 9.57. The zero-order valence-corrected chi connectivity index (χ0v) is 32.5. The highest BCUT2D eigenvalue weighted by Gasteiger charge is 2.71. The van der Waals surface area contributed by atoms with E-state index in [1.54, 1.807) is 55.5 Å². The summed E-state index contributed by atoms with van der Waals surface area (Å²) in [6.45, 7) is 1.80. The summed E-state index contributed by atoms with van der Waals surface area (Å²) in [5.74, 6) is -6.94. The molecule has 3 aliphatic heterocycles. The van der Waals surface area contributed by atoms with Crippen LogP contribution in [0.3, 0.4) is 0 Å². The Hall–Kier alpha value is -5.37. The van der Waals surface area contributed by atoms with Crippen molar-refractivity contribution in [3.8, 4) is 11.5 Å². The van der Waals surface area contributed by atoms with Gasteiger partial charge in [0.1, 0.15) is 11.5 Å². The topological polar surface area (TPSA) is 129 Å². The number of amides is 4. The summed E-state index contributed by atoms with van der Waals surface area (Å²) in [7, 11) is 0. The van der Waals surface area contributed by atoms with Gasteiger partial charge >= 0.3 is 6.18 Å². The number of aromatic nitrogens is 1. The molecule has 2 saturated heterocycles. The van der Waals surface area contributed by atoms with Gasteiger partial charge in [0.2, 0.25) is 11.8 Å². The molecular formula is C42H30Cl3F3N4O6. The number of anilines is 2. The van der Waals surface area contributed by atoms with Gasteiger partial charge in [0, 0.05) is 34.1 Å². The number of nitrogens with one attached hydrogen (secondary N) is 1. The minimum absolute atomic E-state index is 0.0232. The molecule has 4 aromatic rings. The number of aromatic hydroxyl groups is 1. The largest absolute Gasteiger partial charge is 0.508 e. The van der Waals surface area contributed by atoms with Crippen molar-refractivity contribution in [3.05, 3.63) is 134 Å². The number of halogens is 6. The van der Waals surface area contributed by atoms with E-state index in [1.807, 2.05) is 6.08 Å². The van der Waals surface area contributed by atoms with E-state index >= 15 is 4.79 Å². The summed E-state index contributed by atoms with van der Waals surface area (Å²) in [6, 6.07) is 16.6. The van der Waals surface area contributed by atoms with Crippen LogP contribution < -0.4 is 15.1 Å². The lowest BCUT2D eigenvalue weighted by atomic mass is 9.48. The lowest BCUT2D eigenvalue weighted by Gasteiger charge is -2.51. The Kier molecular flexibility index (Phi) is 8.95. The minimum atomic E-state index is -4.76. The second-order valence-electron chi connectivity index (χ2n) is 15.1. The van der Waals surface area contributed by atoms with E-state index in [9.17, 15) is 32.7 Å². The summed E-state index contributed by atoms with van der Waals surface area (Å²) in [5, 5.41) is 11.4. The number of nitrogens with zero attached hydrogens (tertiary/aromatic N) is 3. The highest BCUT2D eigenvalue weighted by Crippen LogP contribution is 2.63. The monoisotopic (exact) mass is 848 g/mol. The standard InChI is InChI=1S/C42H30Cl3F3N4O6/c1-19-2-7-25(15-31(19)44)51-37(54)28-10-9-27-29(34(28)39(51)56)16-30-38(55)52(50-36-32(45)14-23(17-49-36)42(46,47)48)40(57)41(30,22-3-5-24(43)6-4-22)35(27)21-12-20-13-26(53)8-11-33(20)58-18-21/h2-9,11,13-15,17-18,28-30,34-35,53H,10,12,16H2,1H3,(H,49,50). The summed E-state index contributed by atoms with van der Waals surface area (Å²) < 4.78 is 46.7. The molecule has 0 bridgehead atoms. The minimum Gasteiger partial charge on any atom is -0.508 e. The number of phenols is 1. The predicted molar refractivity (Wildman–Crippen MR) is 207 cm³/mol. The molecule has 1 aromatic heterocycles. The molecule has 2 aliphatic carbocycles. The number of pyridine rings is 1. The van der Waals surface area contributed by atoms with Gasteiger partial charge in [-0.15, -0.1) is 0 Å². The van der Waals surface area contributed by atoms with Crippen LogP contribution in [0.15, 0.2) is 96.4 Å². The van der Waals surface area contributed by atoms with E-state index in [0.717, 1.165) is 15.5 Å². The van der Waals surface area contributed by atoms with Crippen LogP contribution in [-0.4, -0.2) is 38.7 Å². The average Bonchev–Trinajstić information content (AvgIpc) is 3.56. The third kappa shape index (κ3) is 5.72. The molecule has 10 nitrogen and oxygen atoms in total. The van der Waals surface area contributed by atoms with Crippen LogP contribution in [0.1, 0.15) is 35.1 Å². The van der Waals surface area contributed by atoms with Crippen LogP contribution in [0.4, 0.5) is 24.7 Å². The molecular weight excluding hydrogens is 820 g/mol. The first-order valence-corrected chi connectivity index (χ1v) is 19.4. The van der Waals surface area contributed by atoms with E-state index in [4.69, 9.17) is 39.5 Å². The summed E-state index contributed by atoms with van der Waals surface area (Å²) in [6.07, 6.45) is -0.581. The predicted octanol–water partition coefficient (Wildman–Crippen LogP) is 8.62. The van der Waals surface area contributed by atoms with Crippen molar-refractivity contribution in [2.75, 3.05) is 10.3 Å². The molecule has 1 saturated carbocycles. The van der Waals surface area contributed by atoms with Gasteiger partial charge in [-0.3, -0.25) is 24.6 Å². The fraction of sp³-hybridized carbons (Fsp3) is 0.262. The van der Waals surface area contributed by atoms with Crippen molar-refractivity contribution in [2.24, 2.45) is 29.6 Å². The normalized spacial score (nSPS) is 26.4. The third-order valence-corrected chi connectivity index (χ3v) is 13.1. The number of hydrogen-bond acceptors (Lipinski definition) is 8. The van der Waals surface area contributed by atoms with Crippen LogP contribution in [0, 0.1) is 36.5 Å². The van der Waals surface area contributed by atoms with Gasteiger partial charge in [-0.1, -0.05) is 64.7 Å². The number of ether oxygens (including phenoxy) is 1. The van der Waals surface area contributed by atoms with Crippen LogP contribution in [0.2, 0.25) is 15.1 Å². The highest BCUT2D eigenvalue weighted by atomic mass is 35.5. The smallest absolute Gasteiger partial charge is 0.417 e. The number of carbonyl (C=O) groups is 4. The van der Waals surface area contributed by atoms with E-state index in [1.165, 1.54) is 18.4 Å². The number of fused-ring (bicyclic) bond motifs is 5. The van der Waals surface area contributed by atoms with Gasteiger partial charge < -0.3 is 9.84 Å². The first kappa shape index (κ1) is 38.2. The number of alkyl halides is 3. The number of hydrogen-bond donors (Lipinski definition) is 2. The Labute approximate surface area is 343 Å². The number of allylic oxidation sites excluding steroid dienone is 3. The Morgan fingerprint density at radius 3 is 2.38 bits per heavy atom. The lowest BCUT2D eigenvalue weighted by Crippen LogP contribution is -2.55. The molecule has 58 heavy (non-hydrogen) atoms. The van der Waals surface area contributed by atoms with E-state index < -0.39 is 75.4 Å². The molecule has 3 fully saturated rings. The Bertz CT molecular complexity index is 2550. The number of phenolic OH excluding ortho intramolecular Hbond substituents is 1. The van der Waals surface area contributed by atoms with Gasteiger partial charge in [0.25, 0.3) is 11.8 Å². The second-order valence-corrected chi connectivity index (χ2v) is 16.4. The van der Waals surface area contributed by atoms with Gasteiger partial charge in [-0.05, 0) is 90.9 Å². The maximum Gasteiger partial charge on any atom is 0.417 e. The zero-order chi connectivity index (χ0) is 41.0. The molecule has 4 heterocycles. The summed E-state index contributed by atoms with van der Waals surface area (Å²) >= 11 is 19.1. The number of aryl methyl sites for hydroxylation is 1. The number of imide groups is 2. The first-order valence-electron chi connectivity index (χ1n) is 18.2. The average molecular weight is 850 g/mol. The molecule has 0 radical (unpaired) electrons. The number of hydrazine groups is 1. The van der Waals surface area contributed by atoms with E-state index in [0.29, 0.717) is 56.0 Å². The molecule has 0 spiro atoms. The van der Waals surface area contributed by atoms with E-state index in [2.05, 4.69) is 10.4 Å². The summed E-state index contributed by atoms with van der Waals surface area (Å²) in [5.41, 5.74) is 3.00. The van der Waals surface area contributed by atoms with Crippen LogP contribution >= 0.6 is 34.8 Å². The maximum absolute atomic E-state index is 15.4. The molecule has 9 rings (SSSR count). The quantitative estimate of drug-likeness (QED) is 0.151. The Balaban J connectivity index is 1.21. The van der Waals surface area contributed by atoms with Gasteiger partial charge in [0.15, 0.2) is 5.82 Å². The third-order valence-electron chi connectivity index (χ3n) is 12.1. The molecule has 6 atom stereocenters. The summed E-state index contributed by atoms with van der Waals surface area (Å²) in [4.78, 5) is 64.2. The van der Waals surface area contributed by atoms with Crippen LogP contribution in [0.25, 0.3) is 0 Å². The molecule has 296 valence electrons. The zero-order valence-electron chi connectivity index (χ0n) is 30.2. The van der Waals surface area contributed by atoms with Crippen molar-refractivity contribution in [1.29, 1.82) is 0 Å². The molecule has 5 aliphatic rings. The molecule has 3 aromatic carbocycles.